The maximum atomic E-state index is 12.9. The lowest BCUT2D eigenvalue weighted by molar-refractivity contribution is 0.0892. The minimum atomic E-state index is -0.0593. The Balaban J connectivity index is 1.51. The molecule has 0 saturated carbocycles. The van der Waals surface area contributed by atoms with Gasteiger partial charge in [0.05, 0.1) is 18.2 Å². The summed E-state index contributed by atoms with van der Waals surface area (Å²) < 4.78 is 5.30. The molecule has 3 aromatic rings. The predicted octanol–water partition coefficient (Wildman–Crippen LogP) is 4.06. The molecule has 2 unspecified atom stereocenters. The molecule has 1 N–H and O–H groups in total. The van der Waals surface area contributed by atoms with E-state index in [1.54, 1.807) is 13.3 Å². The molecule has 0 bridgehead atoms. The van der Waals surface area contributed by atoms with Gasteiger partial charge in [-0.25, -0.2) is 0 Å². The molecule has 2 aromatic carbocycles. The SMILES string of the molecule is COc1ccc(C2C(CNC(=O)c3cccc4cccnc34)CCCN2C)cc1. The molecule has 0 spiro atoms. The summed E-state index contributed by atoms with van der Waals surface area (Å²) >= 11 is 0. The van der Waals surface area contributed by atoms with Gasteiger partial charge in [0, 0.05) is 24.2 Å². The molecule has 2 atom stereocenters. The second kappa shape index (κ2) is 8.62. The van der Waals surface area contributed by atoms with Crippen LogP contribution in [0.2, 0.25) is 0 Å². The number of benzene rings is 2. The van der Waals surface area contributed by atoms with Crippen LogP contribution in [0.4, 0.5) is 0 Å². The summed E-state index contributed by atoms with van der Waals surface area (Å²) in [7, 11) is 3.85. The maximum Gasteiger partial charge on any atom is 0.253 e. The van der Waals surface area contributed by atoms with Crippen molar-refractivity contribution in [3.05, 3.63) is 71.9 Å². The van der Waals surface area contributed by atoms with Gasteiger partial charge in [-0.1, -0.05) is 30.3 Å². The van der Waals surface area contributed by atoms with Gasteiger partial charge in [0.15, 0.2) is 0 Å². The molecule has 29 heavy (non-hydrogen) atoms. The van der Waals surface area contributed by atoms with E-state index >= 15 is 0 Å². The summed E-state index contributed by atoms with van der Waals surface area (Å²) in [6.45, 7) is 1.71. The first-order valence-electron chi connectivity index (χ1n) is 10.1. The Kier molecular flexibility index (Phi) is 5.76. The van der Waals surface area contributed by atoms with Crippen LogP contribution >= 0.6 is 0 Å². The zero-order valence-corrected chi connectivity index (χ0v) is 17.0. The van der Waals surface area contributed by atoms with E-state index in [1.807, 2.05) is 42.5 Å². The summed E-state index contributed by atoms with van der Waals surface area (Å²) in [5.74, 6) is 1.16. The lowest BCUT2D eigenvalue weighted by Gasteiger charge is -2.39. The largest absolute Gasteiger partial charge is 0.497 e. The Bertz CT molecular complexity index is 982. The zero-order chi connectivity index (χ0) is 20.2. The number of methoxy groups -OCH3 is 1. The first-order valence-corrected chi connectivity index (χ1v) is 10.1. The van der Waals surface area contributed by atoms with Crippen LogP contribution in [0.3, 0.4) is 0 Å². The highest BCUT2D eigenvalue weighted by Gasteiger charge is 2.31. The number of amides is 1. The molecule has 1 fully saturated rings. The van der Waals surface area contributed by atoms with Crippen LogP contribution in [-0.2, 0) is 0 Å². The third-order valence-electron chi connectivity index (χ3n) is 5.87. The molecule has 1 aromatic heterocycles. The Morgan fingerprint density at radius 2 is 1.97 bits per heavy atom. The van der Waals surface area contributed by atoms with Gasteiger partial charge >= 0.3 is 0 Å². The van der Waals surface area contributed by atoms with E-state index in [1.165, 1.54) is 5.56 Å². The summed E-state index contributed by atoms with van der Waals surface area (Å²) in [5, 5.41) is 4.15. The van der Waals surface area contributed by atoms with Gasteiger partial charge in [-0.3, -0.25) is 14.7 Å². The fourth-order valence-corrected chi connectivity index (χ4v) is 4.41. The summed E-state index contributed by atoms with van der Waals surface area (Å²) in [6, 6.07) is 18.2. The number of hydrogen-bond acceptors (Lipinski definition) is 4. The van der Waals surface area contributed by atoms with Crippen molar-refractivity contribution in [1.29, 1.82) is 0 Å². The number of ether oxygens (including phenoxy) is 1. The highest BCUT2D eigenvalue weighted by atomic mass is 16.5. The number of nitrogens with zero attached hydrogens (tertiary/aromatic N) is 2. The number of hydrogen-bond donors (Lipinski definition) is 1. The van der Waals surface area contributed by atoms with Gasteiger partial charge in [-0.15, -0.1) is 0 Å². The fourth-order valence-electron chi connectivity index (χ4n) is 4.41. The number of para-hydroxylation sites is 1. The van der Waals surface area contributed by atoms with E-state index in [-0.39, 0.29) is 11.9 Å². The van der Waals surface area contributed by atoms with Crippen LogP contribution in [0.15, 0.2) is 60.8 Å². The number of carbonyl (C=O) groups excluding carboxylic acids is 1. The first-order chi connectivity index (χ1) is 14.2. The number of rotatable bonds is 5. The second-order valence-corrected chi connectivity index (χ2v) is 7.69. The Labute approximate surface area is 171 Å². The standard InChI is InChI=1S/C24H27N3O2/c1-27-15-5-8-19(23(27)18-10-12-20(29-2)13-11-18)16-26-24(28)21-9-3-6-17-7-4-14-25-22(17)21/h3-4,6-7,9-14,19,23H,5,8,15-16H2,1-2H3,(H,26,28). The molecule has 1 amide bonds. The molecular weight excluding hydrogens is 362 g/mol. The smallest absolute Gasteiger partial charge is 0.253 e. The van der Waals surface area contributed by atoms with Crippen LogP contribution in [0, 0.1) is 5.92 Å². The number of likely N-dealkylation sites (tertiary alicyclic amines) is 1. The molecule has 5 heteroatoms. The average Bonchev–Trinajstić information content (AvgIpc) is 2.77. The summed E-state index contributed by atoms with van der Waals surface area (Å²) in [5.41, 5.74) is 2.65. The molecule has 2 heterocycles. The normalized spacial score (nSPS) is 19.8. The van der Waals surface area contributed by atoms with Gasteiger partial charge in [0.2, 0.25) is 0 Å². The number of fused-ring (bicyclic) bond motifs is 1. The highest BCUT2D eigenvalue weighted by molar-refractivity contribution is 6.05. The Hall–Kier alpha value is -2.92. The number of aromatic nitrogens is 1. The molecule has 0 aliphatic carbocycles. The van der Waals surface area contributed by atoms with Gasteiger partial charge in [0.1, 0.15) is 5.75 Å². The number of pyridine rings is 1. The van der Waals surface area contributed by atoms with Crippen molar-refractivity contribution in [1.82, 2.24) is 15.2 Å². The van der Waals surface area contributed by atoms with Crippen molar-refractivity contribution in [2.24, 2.45) is 5.92 Å². The van der Waals surface area contributed by atoms with Crippen LogP contribution in [0.5, 0.6) is 5.75 Å². The predicted molar refractivity (Wildman–Crippen MR) is 115 cm³/mol. The number of piperidine rings is 1. The van der Waals surface area contributed by atoms with Gasteiger partial charge < -0.3 is 10.1 Å². The number of carbonyl (C=O) groups is 1. The topological polar surface area (TPSA) is 54.5 Å². The fraction of sp³-hybridized carbons (Fsp3) is 0.333. The maximum absolute atomic E-state index is 12.9. The van der Waals surface area contributed by atoms with E-state index in [2.05, 4.69) is 34.4 Å². The van der Waals surface area contributed by atoms with Crippen molar-refractivity contribution >= 4 is 16.8 Å². The van der Waals surface area contributed by atoms with Crippen molar-refractivity contribution in [3.63, 3.8) is 0 Å². The molecule has 1 aliphatic rings. The van der Waals surface area contributed by atoms with Crippen molar-refractivity contribution in [2.75, 3.05) is 27.2 Å². The lowest BCUT2D eigenvalue weighted by Crippen LogP contribution is -2.41. The summed E-state index contributed by atoms with van der Waals surface area (Å²) in [6.07, 6.45) is 3.96. The van der Waals surface area contributed by atoms with E-state index < -0.39 is 0 Å². The van der Waals surface area contributed by atoms with Crippen molar-refractivity contribution in [3.8, 4) is 5.75 Å². The summed E-state index contributed by atoms with van der Waals surface area (Å²) in [4.78, 5) is 19.7. The number of nitrogens with one attached hydrogen (secondary N) is 1. The third kappa shape index (κ3) is 4.10. The minimum absolute atomic E-state index is 0.0593. The van der Waals surface area contributed by atoms with Crippen LogP contribution in [0.1, 0.15) is 34.8 Å². The van der Waals surface area contributed by atoms with Crippen LogP contribution < -0.4 is 10.1 Å². The molecule has 4 rings (SSSR count). The van der Waals surface area contributed by atoms with E-state index in [9.17, 15) is 4.79 Å². The van der Waals surface area contributed by atoms with Crippen LogP contribution in [0.25, 0.3) is 10.9 Å². The molecular formula is C24H27N3O2. The van der Waals surface area contributed by atoms with Crippen molar-refractivity contribution in [2.45, 2.75) is 18.9 Å². The minimum Gasteiger partial charge on any atom is -0.497 e. The van der Waals surface area contributed by atoms with Crippen LogP contribution in [-0.4, -0.2) is 43.0 Å². The van der Waals surface area contributed by atoms with Gasteiger partial charge in [-0.2, -0.15) is 0 Å². The Morgan fingerprint density at radius 3 is 2.76 bits per heavy atom. The Morgan fingerprint density at radius 1 is 1.17 bits per heavy atom. The quantitative estimate of drug-likeness (QED) is 0.715. The first kappa shape index (κ1) is 19.4. The molecule has 1 saturated heterocycles. The lowest BCUT2D eigenvalue weighted by atomic mass is 9.85. The molecule has 1 aliphatic heterocycles. The molecule has 5 nitrogen and oxygen atoms in total. The molecule has 0 radical (unpaired) electrons. The highest BCUT2D eigenvalue weighted by Crippen LogP contribution is 2.35. The van der Waals surface area contributed by atoms with E-state index in [4.69, 9.17) is 4.74 Å². The van der Waals surface area contributed by atoms with E-state index in [0.29, 0.717) is 18.0 Å². The molecule has 150 valence electrons. The van der Waals surface area contributed by atoms with E-state index in [0.717, 1.165) is 36.0 Å². The third-order valence-corrected chi connectivity index (χ3v) is 5.87. The zero-order valence-electron chi connectivity index (χ0n) is 17.0. The van der Waals surface area contributed by atoms with Gasteiger partial charge in [0.25, 0.3) is 5.91 Å². The monoisotopic (exact) mass is 389 g/mol. The van der Waals surface area contributed by atoms with Gasteiger partial charge in [-0.05, 0) is 62.2 Å². The van der Waals surface area contributed by atoms with Crippen molar-refractivity contribution < 1.29 is 9.53 Å². The average molecular weight is 389 g/mol. The second-order valence-electron chi connectivity index (χ2n) is 7.69.